The first kappa shape index (κ1) is 16.5. The van der Waals surface area contributed by atoms with Gasteiger partial charge in [-0.25, -0.2) is 4.68 Å². The van der Waals surface area contributed by atoms with Crippen LogP contribution in [0.25, 0.3) is 5.69 Å². The summed E-state index contributed by atoms with van der Waals surface area (Å²) in [5.74, 6) is 1.06. The number of hydrogen-bond donors (Lipinski definition) is 1. The molecule has 0 radical (unpaired) electrons. The van der Waals surface area contributed by atoms with Gasteiger partial charge in [0.05, 0.1) is 16.4 Å². The zero-order valence-electron chi connectivity index (χ0n) is 13.8. The summed E-state index contributed by atoms with van der Waals surface area (Å²) in [6.45, 7) is 0.953. The first-order chi connectivity index (χ1) is 12.2. The highest BCUT2D eigenvalue weighted by molar-refractivity contribution is 6.32. The molecule has 3 nitrogen and oxygen atoms in total. The molecule has 25 heavy (non-hydrogen) atoms. The second kappa shape index (κ2) is 7.11. The topological polar surface area (TPSA) is 29.9 Å². The minimum Gasteiger partial charge on any atom is -0.370 e. The summed E-state index contributed by atoms with van der Waals surface area (Å²) in [7, 11) is 0. The Bertz CT molecular complexity index is 902. The van der Waals surface area contributed by atoms with Crippen LogP contribution in [0.3, 0.4) is 0 Å². The minimum atomic E-state index is 0.697. The van der Waals surface area contributed by atoms with Crippen LogP contribution in [0.15, 0.2) is 48.5 Å². The number of fused-ring (bicyclic) bond motifs is 1. The van der Waals surface area contributed by atoms with Gasteiger partial charge >= 0.3 is 0 Å². The second-order valence-electron chi connectivity index (χ2n) is 6.29. The Balaban J connectivity index is 1.82. The molecule has 0 spiro atoms. The first-order valence-electron chi connectivity index (χ1n) is 8.57. The molecule has 1 aliphatic rings. The lowest BCUT2D eigenvalue weighted by Gasteiger charge is -2.10. The normalized spacial score (nSPS) is 13.8. The fourth-order valence-corrected chi connectivity index (χ4v) is 3.75. The third kappa shape index (κ3) is 3.26. The Labute approximate surface area is 157 Å². The van der Waals surface area contributed by atoms with E-state index >= 15 is 0 Å². The van der Waals surface area contributed by atoms with Gasteiger partial charge in [-0.15, -0.1) is 0 Å². The Morgan fingerprint density at radius 2 is 1.72 bits per heavy atom. The molecule has 0 atom stereocenters. The van der Waals surface area contributed by atoms with Gasteiger partial charge in [-0.2, -0.15) is 5.10 Å². The van der Waals surface area contributed by atoms with Crippen molar-refractivity contribution in [3.05, 3.63) is 75.4 Å². The van der Waals surface area contributed by atoms with E-state index < -0.39 is 0 Å². The molecule has 0 saturated carbocycles. The smallest absolute Gasteiger partial charge is 0.133 e. The SMILES string of the molecule is Clc1ccccc1Cc1nn(-c2ccccc2Cl)c2c1CCCCN2. The van der Waals surface area contributed by atoms with E-state index in [4.69, 9.17) is 28.3 Å². The van der Waals surface area contributed by atoms with Crippen LogP contribution in [0, 0.1) is 0 Å². The third-order valence-corrected chi connectivity index (χ3v) is 5.30. The van der Waals surface area contributed by atoms with E-state index in [1.54, 1.807) is 0 Å². The van der Waals surface area contributed by atoms with Gasteiger partial charge in [-0.3, -0.25) is 0 Å². The van der Waals surface area contributed by atoms with Crippen LogP contribution < -0.4 is 5.32 Å². The lowest BCUT2D eigenvalue weighted by molar-refractivity contribution is 0.767. The number of rotatable bonds is 3. The average Bonchev–Trinajstić information content (AvgIpc) is 2.80. The molecule has 4 rings (SSSR count). The van der Waals surface area contributed by atoms with E-state index in [1.165, 1.54) is 5.56 Å². The van der Waals surface area contributed by atoms with Crippen molar-refractivity contribution in [1.82, 2.24) is 9.78 Å². The molecule has 1 aliphatic heterocycles. The maximum Gasteiger partial charge on any atom is 0.133 e. The zero-order chi connectivity index (χ0) is 17.2. The number of halogens is 2. The standard InChI is InChI=1S/C20H19Cl2N3/c21-16-9-2-1-7-14(16)13-18-15-8-5-6-12-23-20(15)25(24-18)19-11-4-3-10-17(19)22/h1-4,7,9-11,23H,5-6,8,12-13H2. The first-order valence-corrected chi connectivity index (χ1v) is 9.32. The number of aromatic nitrogens is 2. The number of hydrogen-bond acceptors (Lipinski definition) is 2. The second-order valence-corrected chi connectivity index (χ2v) is 7.10. The fourth-order valence-electron chi connectivity index (χ4n) is 3.34. The van der Waals surface area contributed by atoms with Crippen LogP contribution in [0.4, 0.5) is 5.82 Å². The highest BCUT2D eigenvalue weighted by Crippen LogP contribution is 2.32. The minimum absolute atomic E-state index is 0.697. The van der Waals surface area contributed by atoms with Gasteiger partial charge in [0.2, 0.25) is 0 Å². The Hall–Kier alpha value is -1.97. The van der Waals surface area contributed by atoms with Crippen molar-refractivity contribution >= 4 is 29.0 Å². The molecule has 0 unspecified atom stereocenters. The van der Waals surface area contributed by atoms with Gasteiger partial charge in [-0.1, -0.05) is 53.5 Å². The number of nitrogens with zero attached hydrogens (tertiary/aromatic N) is 2. The predicted molar refractivity (Wildman–Crippen MR) is 104 cm³/mol. The largest absolute Gasteiger partial charge is 0.370 e. The maximum atomic E-state index is 6.43. The van der Waals surface area contributed by atoms with Crippen molar-refractivity contribution < 1.29 is 0 Å². The van der Waals surface area contributed by atoms with Crippen molar-refractivity contribution in [2.75, 3.05) is 11.9 Å². The van der Waals surface area contributed by atoms with E-state index in [0.29, 0.717) is 5.02 Å². The molecular weight excluding hydrogens is 353 g/mol. The van der Waals surface area contributed by atoms with Crippen molar-refractivity contribution in [3.63, 3.8) is 0 Å². The Morgan fingerprint density at radius 3 is 2.52 bits per heavy atom. The van der Waals surface area contributed by atoms with Gasteiger partial charge in [0.15, 0.2) is 0 Å². The van der Waals surface area contributed by atoms with Crippen LogP contribution in [0.1, 0.15) is 29.7 Å². The number of nitrogens with one attached hydrogen (secondary N) is 1. The lowest BCUT2D eigenvalue weighted by Crippen LogP contribution is -2.07. The van der Waals surface area contributed by atoms with Gasteiger partial charge in [0.25, 0.3) is 0 Å². The number of benzene rings is 2. The molecule has 0 saturated heterocycles. The van der Waals surface area contributed by atoms with Crippen molar-refractivity contribution in [3.8, 4) is 5.69 Å². The lowest BCUT2D eigenvalue weighted by atomic mass is 10.0. The van der Waals surface area contributed by atoms with E-state index in [1.807, 2.05) is 47.1 Å². The van der Waals surface area contributed by atoms with E-state index in [2.05, 4.69) is 11.4 Å². The van der Waals surface area contributed by atoms with Crippen LogP contribution >= 0.6 is 23.2 Å². The van der Waals surface area contributed by atoms with Gasteiger partial charge < -0.3 is 5.32 Å². The highest BCUT2D eigenvalue weighted by Gasteiger charge is 2.22. The van der Waals surface area contributed by atoms with E-state index in [9.17, 15) is 0 Å². The van der Waals surface area contributed by atoms with Crippen molar-refractivity contribution in [1.29, 1.82) is 0 Å². The molecule has 1 N–H and O–H groups in total. The fraction of sp³-hybridized carbons (Fsp3) is 0.250. The summed E-state index contributed by atoms with van der Waals surface area (Å²) in [5, 5.41) is 9.94. The number of anilines is 1. The Kier molecular flexibility index (Phi) is 4.69. The van der Waals surface area contributed by atoms with Gasteiger partial charge in [0, 0.05) is 23.6 Å². The summed E-state index contributed by atoms with van der Waals surface area (Å²) < 4.78 is 1.95. The molecule has 0 aliphatic carbocycles. The predicted octanol–water partition coefficient (Wildman–Crippen LogP) is 5.52. The average molecular weight is 372 g/mol. The molecule has 2 aromatic carbocycles. The van der Waals surface area contributed by atoms with Gasteiger partial charge in [-0.05, 0) is 43.0 Å². The maximum absolute atomic E-state index is 6.43. The van der Waals surface area contributed by atoms with Crippen LogP contribution in [-0.2, 0) is 12.8 Å². The van der Waals surface area contributed by atoms with Crippen molar-refractivity contribution in [2.45, 2.75) is 25.7 Å². The molecule has 128 valence electrons. The quantitative estimate of drug-likeness (QED) is 0.656. The molecule has 0 amide bonds. The van der Waals surface area contributed by atoms with Crippen LogP contribution in [-0.4, -0.2) is 16.3 Å². The summed E-state index contributed by atoms with van der Waals surface area (Å²) in [4.78, 5) is 0. The van der Waals surface area contributed by atoms with E-state index in [-0.39, 0.29) is 0 Å². The zero-order valence-corrected chi connectivity index (χ0v) is 15.3. The highest BCUT2D eigenvalue weighted by atomic mass is 35.5. The van der Waals surface area contributed by atoms with Crippen LogP contribution in [0.2, 0.25) is 10.0 Å². The molecule has 5 heteroatoms. The molecule has 2 heterocycles. The number of para-hydroxylation sites is 1. The third-order valence-electron chi connectivity index (χ3n) is 4.61. The van der Waals surface area contributed by atoms with Gasteiger partial charge in [0.1, 0.15) is 5.82 Å². The van der Waals surface area contributed by atoms with Crippen LogP contribution in [0.5, 0.6) is 0 Å². The monoisotopic (exact) mass is 371 g/mol. The summed E-state index contributed by atoms with van der Waals surface area (Å²) in [6.07, 6.45) is 4.06. The van der Waals surface area contributed by atoms with E-state index in [0.717, 1.165) is 60.0 Å². The van der Waals surface area contributed by atoms with Crippen molar-refractivity contribution in [2.24, 2.45) is 0 Å². The summed E-state index contributed by atoms with van der Waals surface area (Å²) in [6, 6.07) is 15.8. The molecule has 3 aromatic rings. The molecule has 1 aromatic heterocycles. The Morgan fingerprint density at radius 1 is 0.960 bits per heavy atom. The molecule has 0 bridgehead atoms. The summed E-state index contributed by atoms with van der Waals surface area (Å²) in [5.41, 5.74) is 4.34. The summed E-state index contributed by atoms with van der Waals surface area (Å²) >= 11 is 12.8. The molecular formula is C20H19Cl2N3. The molecule has 0 fully saturated rings.